The van der Waals surface area contributed by atoms with Gasteiger partial charge in [-0.1, -0.05) is 56.3 Å². The maximum Gasteiger partial charge on any atom is 0.290 e. The second-order valence-corrected chi connectivity index (χ2v) is 10.9. The first kappa shape index (κ1) is 28.5. The van der Waals surface area contributed by atoms with Gasteiger partial charge in [0.05, 0.1) is 0 Å². The lowest BCUT2D eigenvalue weighted by molar-refractivity contribution is -0.141. The topological polar surface area (TPSA) is 117 Å². The highest BCUT2D eigenvalue weighted by Crippen LogP contribution is 2.18. The quantitative estimate of drug-likeness (QED) is 0.356. The number of benzene rings is 2. The number of nitrogens with zero attached hydrogens (tertiary/aromatic N) is 1. The van der Waals surface area contributed by atoms with Crippen molar-refractivity contribution >= 4 is 34.3 Å². The van der Waals surface area contributed by atoms with E-state index >= 15 is 0 Å². The summed E-state index contributed by atoms with van der Waals surface area (Å²) >= 11 is 0. The summed E-state index contributed by atoms with van der Waals surface area (Å²) in [6.07, 6.45) is 3.78. The Morgan fingerprint density at radius 3 is 2.24 bits per heavy atom. The van der Waals surface area contributed by atoms with E-state index in [2.05, 4.69) is 20.9 Å². The highest BCUT2D eigenvalue weighted by molar-refractivity contribution is 6.38. The molecule has 1 unspecified atom stereocenters. The molecule has 3 aromatic rings. The molecule has 0 radical (unpaired) electrons. The summed E-state index contributed by atoms with van der Waals surface area (Å²) in [5, 5.41) is 9.81. The zero-order valence-electron chi connectivity index (χ0n) is 22.6. The molecule has 0 saturated carbocycles. The number of rotatable bonds is 10. The minimum absolute atomic E-state index is 0.0789. The smallest absolute Gasteiger partial charge is 0.290 e. The van der Waals surface area contributed by atoms with Crippen LogP contribution in [0.15, 0.2) is 67.0 Å². The number of hydrogen-bond acceptors (Lipinski definition) is 5. The molecule has 3 amide bonds. The fourth-order valence-electron chi connectivity index (χ4n) is 4.15. The van der Waals surface area contributed by atoms with Crippen molar-refractivity contribution in [3.63, 3.8) is 0 Å². The van der Waals surface area contributed by atoms with Gasteiger partial charge in [0, 0.05) is 35.3 Å². The standard InChI is InChI=1S/C30H36N4O4/c1-19(2)16-25(33-27(36)23-13-9-12-21-18-31-15-14-22(21)23)28(37)32-24(17-20-10-7-6-8-11-20)26(35)29(38)34-30(3,4)5/h6-15,18-19,24-25H,16-17H2,1-5H3,(H,32,37)(H,33,36)(H,34,38)/t24?,25-/m0/s1. The lowest BCUT2D eigenvalue weighted by atomic mass is 9.98. The van der Waals surface area contributed by atoms with E-state index in [1.807, 2.05) is 50.2 Å². The van der Waals surface area contributed by atoms with Crippen LogP contribution < -0.4 is 16.0 Å². The summed E-state index contributed by atoms with van der Waals surface area (Å²) in [5.74, 6) is -2.36. The second-order valence-electron chi connectivity index (χ2n) is 10.9. The van der Waals surface area contributed by atoms with E-state index in [0.717, 1.165) is 16.3 Å². The number of hydrogen-bond donors (Lipinski definition) is 3. The van der Waals surface area contributed by atoms with E-state index in [1.54, 1.807) is 51.4 Å². The van der Waals surface area contributed by atoms with Crippen LogP contribution in [-0.4, -0.2) is 46.1 Å². The molecular weight excluding hydrogens is 480 g/mol. The van der Waals surface area contributed by atoms with Gasteiger partial charge in [0.25, 0.3) is 11.8 Å². The Morgan fingerprint density at radius 1 is 0.868 bits per heavy atom. The van der Waals surface area contributed by atoms with Crippen LogP contribution in [0.5, 0.6) is 0 Å². The third-order valence-corrected chi connectivity index (χ3v) is 5.88. The Hall–Kier alpha value is -4.07. The van der Waals surface area contributed by atoms with Gasteiger partial charge in [-0.3, -0.25) is 24.2 Å². The first-order chi connectivity index (χ1) is 17.9. The summed E-state index contributed by atoms with van der Waals surface area (Å²) in [6.45, 7) is 9.22. The molecule has 0 spiro atoms. The third kappa shape index (κ3) is 7.96. The van der Waals surface area contributed by atoms with Crippen LogP contribution in [0.1, 0.15) is 57.0 Å². The van der Waals surface area contributed by atoms with Gasteiger partial charge in [-0.2, -0.15) is 0 Å². The Morgan fingerprint density at radius 2 is 1.58 bits per heavy atom. The predicted octanol–water partition coefficient (Wildman–Crippen LogP) is 3.59. The van der Waals surface area contributed by atoms with Crippen molar-refractivity contribution in [3.8, 4) is 0 Å². The molecule has 2 atom stereocenters. The number of Topliss-reactive ketones (excluding diaryl/α,β-unsaturated/α-hetero) is 1. The molecule has 0 saturated heterocycles. The number of carbonyl (C=O) groups is 4. The summed E-state index contributed by atoms with van der Waals surface area (Å²) in [5.41, 5.74) is 0.604. The fourth-order valence-corrected chi connectivity index (χ4v) is 4.15. The number of carbonyl (C=O) groups excluding carboxylic acids is 4. The number of aromatic nitrogens is 1. The van der Waals surface area contributed by atoms with Crippen LogP contribution in [-0.2, 0) is 20.8 Å². The summed E-state index contributed by atoms with van der Waals surface area (Å²) < 4.78 is 0. The molecule has 0 bridgehead atoms. The number of pyridine rings is 1. The van der Waals surface area contributed by atoms with Crippen LogP contribution in [0.4, 0.5) is 0 Å². The summed E-state index contributed by atoms with van der Waals surface area (Å²) in [6, 6.07) is 14.2. The van der Waals surface area contributed by atoms with Gasteiger partial charge in [-0.05, 0) is 56.2 Å². The minimum Gasteiger partial charge on any atom is -0.345 e. The van der Waals surface area contributed by atoms with E-state index in [1.165, 1.54) is 0 Å². The van der Waals surface area contributed by atoms with Gasteiger partial charge in [-0.15, -0.1) is 0 Å². The Labute approximate surface area is 223 Å². The molecule has 0 aliphatic heterocycles. The normalized spacial score (nSPS) is 13.0. The van der Waals surface area contributed by atoms with Gasteiger partial charge < -0.3 is 16.0 Å². The largest absolute Gasteiger partial charge is 0.345 e. The molecule has 200 valence electrons. The van der Waals surface area contributed by atoms with Crippen molar-refractivity contribution in [2.24, 2.45) is 5.92 Å². The molecule has 3 N–H and O–H groups in total. The molecule has 8 heteroatoms. The van der Waals surface area contributed by atoms with E-state index in [-0.39, 0.29) is 12.3 Å². The molecule has 8 nitrogen and oxygen atoms in total. The molecule has 0 aliphatic carbocycles. The number of fused-ring (bicyclic) bond motifs is 1. The molecule has 0 aliphatic rings. The molecule has 2 aromatic carbocycles. The fraction of sp³-hybridized carbons (Fsp3) is 0.367. The van der Waals surface area contributed by atoms with Crippen molar-refractivity contribution in [2.75, 3.05) is 0 Å². The van der Waals surface area contributed by atoms with E-state index in [0.29, 0.717) is 12.0 Å². The summed E-state index contributed by atoms with van der Waals surface area (Å²) in [4.78, 5) is 56.8. The maximum atomic E-state index is 13.5. The van der Waals surface area contributed by atoms with Gasteiger partial charge in [0.1, 0.15) is 12.1 Å². The Balaban J connectivity index is 1.84. The zero-order chi connectivity index (χ0) is 27.9. The van der Waals surface area contributed by atoms with E-state index in [4.69, 9.17) is 0 Å². The van der Waals surface area contributed by atoms with Gasteiger partial charge >= 0.3 is 0 Å². The van der Waals surface area contributed by atoms with Crippen molar-refractivity contribution in [1.29, 1.82) is 0 Å². The van der Waals surface area contributed by atoms with E-state index in [9.17, 15) is 19.2 Å². The molecule has 0 fully saturated rings. The zero-order valence-corrected chi connectivity index (χ0v) is 22.6. The highest BCUT2D eigenvalue weighted by Gasteiger charge is 2.32. The number of ketones is 1. The van der Waals surface area contributed by atoms with Crippen molar-refractivity contribution < 1.29 is 19.2 Å². The van der Waals surface area contributed by atoms with Crippen LogP contribution >= 0.6 is 0 Å². The summed E-state index contributed by atoms with van der Waals surface area (Å²) in [7, 11) is 0. The maximum absolute atomic E-state index is 13.5. The second kappa shape index (κ2) is 12.4. The van der Waals surface area contributed by atoms with E-state index < -0.39 is 41.1 Å². The first-order valence-electron chi connectivity index (χ1n) is 12.8. The molecule has 38 heavy (non-hydrogen) atoms. The van der Waals surface area contributed by atoms with Gasteiger partial charge in [0.15, 0.2) is 0 Å². The minimum atomic E-state index is -1.09. The Kier molecular flexibility index (Phi) is 9.34. The van der Waals surface area contributed by atoms with Crippen molar-refractivity contribution in [3.05, 3.63) is 78.1 Å². The number of nitrogens with one attached hydrogen (secondary N) is 3. The van der Waals surface area contributed by atoms with Crippen molar-refractivity contribution in [2.45, 2.75) is 65.1 Å². The molecule has 3 rings (SSSR count). The predicted molar refractivity (Wildman–Crippen MR) is 147 cm³/mol. The Bertz CT molecular complexity index is 1290. The first-order valence-corrected chi connectivity index (χ1v) is 12.8. The van der Waals surface area contributed by atoms with Crippen LogP contribution in [0.25, 0.3) is 10.8 Å². The van der Waals surface area contributed by atoms with Gasteiger partial charge in [0.2, 0.25) is 11.7 Å². The monoisotopic (exact) mass is 516 g/mol. The highest BCUT2D eigenvalue weighted by atomic mass is 16.2. The third-order valence-electron chi connectivity index (χ3n) is 5.88. The van der Waals surface area contributed by atoms with Crippen LogP contribution in [0, 0.1) is 5.92 Å². The molecule has 1 heterocycles. The van der Waals surface area contributed by atoms with Crippen molar-refractivity contribution in [1.82, 2.24) is 20.9 Å². The average molecular weight is 517 g/mol. The SMILES string of the molecule is CC(C)C[C@H](NC(=O)c1cccc2cnccc12)C(=O)NC(Cc1ccccc1)C(=O)C(=O)NC(C)(C)C. The van der Waals surface area contributed by atoms with Gasteiger partial charge in [-0.25, -0.2) is 0 Å². The molecule has 1 aromatic heterocycles. The lowest BCUT2D eigenvalue weighted by Crippen LogP contribution is -2.56. The van der Waals surface area contributed by atoms with Crippen LogP contribution in [0.3, 0.4) is 0 Å². The lowest BCUT2D eigenvalue weighted by Gasteiger charge is -2.25. The van der Waals surface area contributed by atoms with Crippen LogP contribution in [0.2, 0.25) is 0 Å². The average Bonchev–Trinajstić information content (AvgIpc) is 2.86. The number of amides is 3. The molecular formula is C30H36N4O4.